The summed E-state index contributed by atoms with van der Waals surface area (Å²) in [5.74, 6) is 1.30. The Balaban J connectivity index is 1.44. The number of hydrogen-bond donors (Lipinski definition) is 1. The van der Waals surface area contributed by atoms with E-state index in [0.717, 1.165) is 45.9 Å². The van der Waals surface area contributed by atoms with E-state index in [1.807, 2.05) is 36.5 Å². The average Bonchev–Trinajstić information content (AvgIpc) is 3.37. The van der Waals surface area contributed by atoms with Crippen LogP contribution in [0.1, 0.15) is 34.8 Å². The minimum absolute atomic E-state index is 0.320. The summed E-state index contributed by atoms with van der Waals surface area (Å²) in [6.45, 7) is 0. The van der Waals surface area contributed by atoms with Crippen molar-refractivity contribution in [1.29, 1.82) is 0 Å². The van der Waals surface area contributed by atoms with E-state index in [9.17, 15) is 4.79 Å². The number of benzene rings is 2. The van der Waals surface area contributed by atoms with Gasteiger partial charge in [-0.2, -0.15) is 0 Å². The van der Waals surface area contributed by atoms with Crippen LogP contribution in [0.25, 0.3) is 22.3 Å². The highest BCUT2D eigenvalue weighted by Gasteiger charge is 2.30. The lowest BCUT2D eigenvalue weighted by Gasteiger charge is -2.09. The fourth-order valence-electron chi connectivity index (χ4n) is 3.53. The molecule has 0 aliphatic heterocycles. The first kappa shape index (κ1) is 18.0. The molecule has 1 saturated carbocycles. The SMILES string of the molecule is COC(=O)c1cccc(CSc2nnc(-c3c[nH]c4ccccc34)n2C2CC2)c1. The Morgan fingerprint density at radius 1 is 1.21 bits per heavy atom. The number of hydrogen-bond acceptors (Lipinski definition) is 5. The van der Waals surface area contributed by atoms with E-state index in [4.69, 9.17) is 4.74 Å². The summed E-state index contributed by atoms with van der Waals surface area (Å²) in [6.07, 6.45) is 4.32. The largest absolute Gasteiger partial charge is 0.465 e. The third-order valence-corrected chi connectivity index (χ3v) is 6.14. The van der Waals surface area contributed by atoms with Gasteiger partial charge < -0.3 is 9.72 Å². The molecule has 2 heterocycles. The number of aromatic amines is 1. The van der Waals surface area contributed by atoms with Crippen LogP contribution < -0.4 is 0 Å². The number of rotatable bonds is 6. The molecule has 0 bridgehead atoms. The number of nitrogens with one attached hydrogen (secondary N) is 1. The van der Waals surface area contributed by atoms with Crippen molar-refractivity contribution in [1.82, 2.24) is 19.7 Å². The van der Waals surface area contributed by atoms with Crippen LogP contribution in [0.4, 0.5) is 0 Å². The Morgan fingerprint density at radius 3 is 2.90 bits per heavy atom. The van der Waals surface area contributed by atoms with Crippen molar-refractivity contribution in [2.75, 3.05) is 7.11 Å². The quantitative estimate of drug-likeness (QED) is 0.368. The van der Waals surface area contributed by atoms with Gasteiger partial charge >= 0.3 is 5.97 Å². The molecule has 2 aromatic carbocycles. The molecule has 0 spiro atoms. The number of aromatic nitrogens is 4. The first-order valence-corrected chi connectivity index (χ1v) is 10.5. The van der Waals surface area contributed by atoms with Crippen LogP contribution in [0.2, 0.25) is 0 Å². The number of carbonyl (C=O) groups is 1. The number of nitrogens with zero attached hydrogens (tertiary/aromatic N) is 3. The lowest BCUT2D eigenvalue weighted by atomic mass is 10.1. The van der Waals surface area contributed by atoms with Crippen molar-refractivity contribution in [3.8, 4) is 11.4 Å². The summed E-state index contributed by atoms with van der Waals surface area (Å²) in [4.78, 5) is 15.1. The second kappa shape index (κ2) is 7.40. The third-order valence-electron chi connectivity index (χ3n) is 5.12. The predicted molar refractivity (Wildman–Crippen MR) is 113 cm³/mol. The fourth-order valence-corrected chi connectivity index (χ4v) is 4.48. The van der Waals surface area contributed by atoms with Gasteiger partial charge in [0.2, 0.25) is 0 Å². The highest BCUT2D eigenvalue weighted by Crippen LogP contribution is 2.42. The summed E-state index contributed by atoms with van der Waals surface area (Å²) in [7, 11) is 1.40. The first-order chi connectivity index (χ1) is 14.2. The molecule has 0 atom stereocenters. The van der Waals surface area contributed by atoms with E-state index in [2.05, 4.69) is 31.9 Å². The van der Waals surface area contributed by atoms with Crippen molar-refractivity contribution >= 4 is 28.6 Å². The number of para-hydroxylation sites is 1. The van der Waals surface area contributed by atoms with Crippen LogP contribution in [-0.2, 0) is 10.5 Å². The van der Waals surface area contributed by atoms with Crippen LogP contribution in [0.15, 0.2) is 59.9 Å². The standard InChI is InChI=1S/C22H20N4O2S/c1-28-21(27)15-6-4-5-14(11-15)13-29-22-25-24-20(26(22)16-9-10-16)18-12-23-19-8-3-2-7-17(18)19/h2-8,11-12,16,23H,9-10,13H2,1H3. The number of esters is 1. The molecule has 7 heteroatoms. The van der Waals surface area contributed by atoms with E-state index >= 15 is 0 Å². The zero-order valence-corrected chi connectivity index (χ0v) is 16.8. The lowest BCUT2D eigenvalue weighted by Crippen LogP contribution is -2.02. The Labute approximate surface area is 172 Å². The maximum Gasteiger partial charge on any atom is 0.337 e. The monoisotopic (exact) mass is 404 g/mol. The summed E-state index contributed by atoms with van der Waals surface area (Å²) in [5.41, 5.74) is 3.80. The minimum Gasteiger partial charge on any atom is -0.465 e. The van der Waals surface area contributed by atoms with Gasteiger partial charge in [-0.3, -0.25) is 4.57 Å². The Hall–Kier alpha value is -3.06. The minimum atomic E-state index is -0.320. The number of thioether (sulfide) groups is 1. The van der Waals surface area contributed by atoms with Gasteiger partial charge in [0.25, 0.3) is 0 Å². The molecule has 0 amide bonds. The van der Waals surface area contributed by atoms with E-state index < -0.39 is 0 Å². The summed E-state index contributed by atoms with van der Waals surface area (Å²) in [6, 6.07) is 16.2. The number of H-pyrrole nitrogens is 1. The maximum absolute atomic E-state index is 11.8. The van der Waals surface area contributed by atoms with Gasteiger partial charge in [0.05, 0.1) is 12.7 Å². The summed E-state index contributed by atoms with van der Waals surface area (Å²) < 4.78 is 7.09. The lowest BCUT2D eigenvalue weighted by molar-refractivity contribution is 0.0600. The van der Waals surface area contributed by atoms with E-state index in [1.54, 1.807) is 17.8 Å². The molecule has 0 unspecified atom stereocenters. The predicted octanol–water partition coefficient (Wildman–Crippen LogP) is 4.84. The zero-order chi connectivity index (χ0) is 19.8. The molecule has 2 aromatic heterocycles. The fraction of sp³-hybridized carbons (Fsp3) is 0.227. The van der Waals surface area contributed by atoms with Crippen molar-refractivity contribution in [3.05, 3.63) is 65.9 Å². The smallest absolute Gasteiger partial charge is 0.337 e. The Morgan fingerprint density at radius 2 is 2.07 bits per heavy atom. The highest BCUT2D eigenvalue weighted by molar-refractivity contribution is 7.98. The Bertz CT molecular complexity index is 1190. The second-order valence-electron chi connectivity index (χ2n) is 7.14. The van der Waals surface area contributed by atoms with Gasteiger partial charge in [-0.25, -0.2) is 4.79 Å². The van der Waals surface area contributed by atoms with E-state index in [1.165, 1.54) is 7.11 Å². The van der Waals surface area contributed by atoms with Crippen molar-refractivity contribution in [2.45, 2.75) is 29.8 Å². The zero-order valence-electron chi connectivity index (χ0n) is 16.0. The molecule has 1 aliphatic rings. The van der Waals surface area contributed by atoms with Gasteiger partial charge in [0.15, 0.2) is 11.0 Å². The molecule has 29 heavy (non-hydrogen) atoms. The molecular weight excluding hydrogens is 384 g/mol. The van der Waals surface area contributed by atoms with Gasteiger partial charge in [-0.1, -0.05) is 42.1 Å². The van der Waals surface area contributed by atoms with Crippen LogP contribution in [0, 0.1) is 0 Å². The maximum atomic E-state index is 11.8. The van der Waals surface area contributed by atoms with Crippen molar-refractivity contribution in [3.63, 3.8) is 0 Å². The number of ether oxygens (including phenoxy) is 1. The van der Waals surface area contributed by atoms with E-state index in [0.29, 0.717) is 17.4 Å². The molecule has 6 nitrogen and oxygen atoms in total. The van der Waals surface area contributed by atoms with Gasteiger partial charge in [0.1, 0.15) is 0 Å². The van der Waals surface area contributed by atoms with Gasteiger partial charge in [-0.15, -0.1) is 10.2 Å². The van der Waals surface area contributed by atoms with Crippen LogP contribution in [0.5, 0.6) is 0 Å². The number of fused-ring (bicyclic) bond motifs is 1. The first-order valence-electron chi connectivity index (χ1n) is 9.56. The van der Waals surface area contributed by atoms with Crippen LogP contribution >= 0.6 is 11.8 Å². The van der Waals surface area contributed by atoms with Gasteiger partial charge in [0, 0.05) is 34.5 Å². The second-order valence-corrected chi connectivity index (χ2v) is 8.08. The van der Waals surface area contributed by atoms with Crippen LogP contribution in [-0.4, -0.2) is 32.8 Å². The Kier molecular flexibility index (Phi) is 4.60. The van der Waals surface area contributed by atoms with Gasteiger partial charge in [-0.05, 0) is 36.6 Å². The molecule has 1 N–H and O–H groups in total. The normalized spacial score (nSPS) is 13.7. The number of methoxy groups -OCH3 is 1. The summed E-state index contributed by atoms with van der Waals surface area (Å²) >= 11 is 1.65. The summed E-state index contributed by atoms with van der Waals surface area (Å²) in [5, 5.41) is 11.1. The molecule has 146 valence electrons. The van der Waals surface area contributed by atoms with Crippen LogP contribution in [0.3, 0.4) is 0 Å². The molecule has 1 fully saturated rings. The molecule has 0 radical (unpaired) electrons. The van der Waals surface area contributed by atoms with Crippen molar-refractivity contribution in [2.24, 2.45) is 0 Å². The average molecular weight is 404 g/mol. The molecule has 4 aromatic rings. The molecule has 1 aliphatic carbocycles. The number of carbonyl (C=O) groups excluding carboxylic acids is 1. The van der Waals surface area contributed by atoms with Crippen molar-refractivity contribution < 1.29 is 9.53 Å². The highest BCUT2D eigenvalue weighted by atomic mass is 32.2. The van der Waals surface area contributed by atoms with E-state index in [-0.39, 0.29) is 5.97 Å². The molecular formula is C22H20N4O2S. The third kappa shape index (κ3) is 3.42. The molecule has 5 rings (SSSR count). The molecule has 0 saturated heterocycles. The topological polar surface area (TPSA) is 72.8 Å².